The topological polar surface area (TPSA) is 45.1 Å². The van der Waals surface area contributed by atoms with Crippen LogP contribution in [0.15, 0.2) is 41.4 Å². The minimum atomic E-state index is -0.177. The Morgan fingerprint density at radius 3 is 2.69 bits per heavy atom. The summed E-state index contributed by atoms with van der Waals surface area (Å²) >= 11 is 12.5. The van der Waals surface area contributed by atoms with E-state index in [4.69, 9.17) is 27.9 Å². The maximum Gasteiger partial charge on any atom is 0.277 e. The van der Waals surface area contributed by atoms with Crippen molar-refractivity contribution >= 4 is 41.0 Å². The summed E-state index contributed by atoms with van der Waals surface area (Å²) in [6.07, 6.45) is 3.67. The summed E-state index contributed by atoms with van der Waals surface area (Å²) in [5.74, 6) is 0.612. The van der Waals surface area contributed by atoms with Crippen LogP contribution in [0.4, 0.5) is 5.69 Å². The van der Waals surface area contributed by atoms with Crippen LogP contribution < -0.4 is 9.64 Å². The molecule has 29 heavy (non-hydrogen) atoms. The van der Waals surface area contributed by atoms with Crippen molar-refractivity contribution in [2.75, 3.05) is 44.2 Å². The molecule has 1 amide bonds. The zero-order valence-corrected chi connectivity index (χ0v) is 17.6. The van der Waals surface area contributed by atoms with Crippen molar-refractivity contribution in [2.45, 2.75) is 12.8 Å². The number of halogens is 2. The summed E-state index contributed by atoms with van der Waals surface area (Å²) in [6, 6.07) is 11.3. The average Bonchev–Trinajstić information content (AvgIpc) is 3.11. The van der Waals surface area contributed by atoms with Gasteiger partial charge in [0.05, 0.1) is 27.9 Å². The van der Waals surface area contributed by atoms with E-state index >= 15 is 0 Å². The number of amides is 1. The molecule has 0 bridgehead atoms. The summed E-state index contributed by atoms with van der Waals surface area (Å²) in [5, 5.41) is 1.25. The van der Waals surface area contributed by atoms with E-state index < -0.39 is 0 Å². The molecule has 0 radical (unpaired) electrons. The molecule has 0 aliphatic carbocycles. The van der Waals surface area contributed by atoms with Gasteiger partial charge in [-0.25, -0.2) is 4.99 Å². The molecule has 5 nitrogen and oxygen atoms in total. The molecule has 1 saturated heterocycles. The van der Waals surface area contributed by atoms with Gasteiger partial charge in [0.15, 0.2) is 0 Å². The van der Waals surface area contributed by atoms with Crippen LogP contribution in [0.1, 0.15) is 28.8 Å². The number of carbonyl (C=O) groups excluding carboxylic acids is 1. The molecule has 0 atom stereocenters. The van der Waals surface area contributed by atoms with Gasteiger partial charge in [-0.15, -0.1) is 0 Å². The standard InChI is InChI=1S/C22H23Cl2N3O2/c23-19-4-3-5-20(21(19)24)27-11-9-26(10-12-27)8-1-2-13-29-17-6-7-18-16(14-17)15-25-22(18)28/h3-7,14-15H,1-2,8-13H2. The monoisotopic (exact) mass is 431 g/mol. The third-order valence-corrected chi connectivity index (χ3v) is 6.16. The van der Waals surface area contributed by atoms with Crippen LogP contribution >= 0.6 is 23.2 Å². The number of unbranched alkanes of at least 4 members (excludes halogenated alkanes) is 1. The SMILES string of the molecule is O=C1N=Cc2cc(OCCCCN3CCN(c4cccc(Cl)c4Cl)CC3)ccc21. The average molecular weight is 432 g/mol. The van der Waals surface area contributed by atoms with Gasteiger partial charge in [0.2, 0.25) is 0 Å². The van der Waals surface area contributed by atoms with E-state index in [2.05, 4.69) is 14.8 Å². The molecule has 2 heterocycles. The smallest absolute Gasteiger partial charge is 0.277 e. The molecular weight excluding hydrogens is 409 g/mol. The van der Waals surface area contributed by atoms with E-state index in [9.17, 15) is 4.79 Å². The Bertz CT molecular complexity index is 924. The van der Waals surface area contributed by atoms with E-state index in [0.29, 0.717) is 22.2 Å². The Labute approximate surface area is 180 Å². The van der Waals surface area contributed by atoms with Crippen molar-refractivity contribution in [1.82, 2.24) is 4.90 Å². The van der Waals surface area contributed by atoms with E-state index in [1.54, 1.807) is 12.3 Å². The number of rotatable bonds is 7. The summed E-state index contributed by atoms with van der Waals surface area (Å²) < 4.78 is 5.83. The van der Waals surface area contributed by atoms with Crippen molar-refractivity contribution in [1.29, 1.82) is 0 Å². The number of aliphatic imine (C=N–C) groups is 1. The van der Waals surface area contributed by atoms with Gasteiger partial charge in [-0.05, 0) is 49.7 Å². The van der Waals surface area contributed by atoms with Gasteiger partial charge in [-0.1, -0.05) is 29.3 Å². The van der Waals surface area contributed by atoms with Crippen molar-refractivity contribution in [2.24, 2.45) is 4.99 Å². The lowest BCUT2D eigenvalue weighted by Crippen LogP contribution is -2.46. The lowest BCUT2D eigenvalue weighted by atomic mass is 10.1. The minimum Gasteiger partial charge on any atom is -0.494 e. The number of benzene rings is 2. The minimum absolute atomic E-state index is 0.177. The van der Waals surface area contributed by atoms with Crippen LogP contribution in [-0.2, 0) is 0 Å². The Morgan fingerprint density at radius 2 is 1.86 bits per heavy atom. The lowest BCUT2D eigenvalue weighted by Gasteiger charge is -2.36. The molecule has 2 aromatic carbocycles. The number of carbonyl (C=O) groups is 1. The number of anilines is 1. The van der Waals surface area contributed by atoms with Crippen LogP contribution in [0.5, 0.6) is 5.75 Å². The molecule has 2 aliphatic rings. The second-order valence-electron chi connectivity index (χ2n) is 7.27. The van der Waals surface area contributed by atoms with Gasteiger partial charge in [0, 0.05) is 38.0 Å². The van der Waals surface area contributed by atoms with Crippen LogP contribution in [-0.4, -0.2) is 56.4 Å². The van der Waals surface area contributed by atoms with Crippen LogP contribution in [0, 0.1) is 0 Å². The zero-order valence-electron chi connectivity index (χ0n) is 16.1. The number of ether oxygens (including phenoxy) is 1. The van der Waals surface area contributed by atoms with Gasteiger partial charge in [0.25, 0.3) is 5.91 Å². The van der Waals surface area contributed by atoms with E-state index in [-0.39, 0.29) is 5.91 Å². The highest BCUT2D eigenvalue weighted by molar-refractivity contribution is 6.43. The molecule has 7 heteroatoms. The number of fused-ring (bicyclic) bond motifs is 1. The predicted molar refractivity (Wildman–Crippen MR) is 118 cm³/mol. The lowest BCUT2D eigenvalue weighted by molar-refractivity contribution is 0.101. The predicted octanol–water partition coefficient (Wildman–Crippen LogP) is 4.55. The number of hydrogen-bond donors (Lipinski definition) is 0. The van der Waals surface area contributed by atoms with Crippen LogP contribution in [0.3, 0.4) is 0 Å². The normalized spacial score (nSPS) is 16.3. The highest BCUT2D eigenvalue weighted by Gasteiger charge is 2.19. The number of piperazine rings is 1. The number of hydrogen-bond acceptors (Lipinski definition) is 4. The molecule has 152 valence electrons. The highest BCUT2D eigenvalue weighted by Crippen LogP contribution is 2.32. The molecule has 0 N–H and O–H groups in total. The molecule has 2 aromatic rings. The van der Waals surface area contributed by atoms with Crippen LogP contribution in [0.2, 0.25) is 10.0 Å². The van der Waals surface area contributed by atoms with E-state index in [1.165, 1.54) is 0 Å². The molecule has 0 aromatic heterocycles. The third kappa shape index (κ3) is 4.74. The quantitative estimate of drug-likeness (QED) is 0.603. The van der Waals surface area contributed by atoms with Gasteiger partial charge >= 0.3 is 0 Å². The van der Waals surface area contributed by atoms with E-state index in [0.717, 1.165) is 62.6 Å². The van der Waals surface area contributed by atoms with Gasteiger partial charge < -0.3 is 9.64 Å². The Kier molecular flexibility index (Phi) is 6.38. The fraction of sp³-hybridized carbons (Fsp3) is 0.364. The first-order valence-corrected chi connectivity index (χ1v) is 10.6. The van der Waals surface area contributed by atoms with Crippen molar-refractivity contribution in [3.63, 3.8) is 0 Å². The fourth-order valence-electron chi connectivity index (χ4n) is 3.71. The molecule has 0 spiro atoms. The maximum absolute atomic E-state index is 11.5. The largest absolute Gasteiger partial charge is 0.494 e. The summed E-state index contributed by atoms with van der Waals surface area (Å²) in [6.45, 7) is 5.66. The third-order valence-electron chi connectivity index (χ3n) is 5.36. The Hall–Kier alpha value is -2.08. The fourth-order valence-corrected chi connectivity index (χ4v) is 4.12. The molecule has 4 rings (SSSR count). The first-order chi connectivity index (χ1) is 14.1. The summed E-state index contributed by atoms with van der Waals surface area (Å²) in [5.41, 5.74) is 2.51. The first-order valence-electron chi connectivity index (χ1n) is 9.88. The molecule has 0 unspecified atom stereocenters. The highest BCUT2D eigenvalue weighted by atomic mass is 35.5. The molecule has 2 aliphatic heterocycles. The van der Waals surface area contributed by atoms with Crippen LogP contribution in [0.25, 0.3) is 0 Å². The van der Waals surface area contributed by atoms with Crippen molar-refractivity contribution in [3.05, 3.63) is 57.6 Å². The number of nitrogens with zero attached hydrogens (tertiary/aromatic N) is 3. The van der Waals surface area contributed by atoms with Crippen molar-refractivity contribution < 1.29 is 9.53 Å². The second kappa shape index (κ2) is 9.16. The Balaban J connectivity index is 1.16. The molecular formula is C22H23Cl2N3O2. The Morgan fingerprint density at radius 1 is 1.03 bits per heavy atom. The summed E-state index contributed by atoms with van der Waals surface area (Å²) in [4.78, 5) is 20.1. The van der Waals surface area contributed by atoms with Crippen molar-refractivity contribution in [3.8, 4) is 5.75 Å². The molecule has 0 saturated carbocycles. The van der Waals surface area contributed by atoms with Gasteiger partial charge in [0.1, 0.15) is 5.75 Å². The summed E-state index contributed by atoms with van der Waals surface area (Å²) in [7, 11) is 0. The maximum atomic E-state index is 11.5. The molecule has 1 fully saturated rings. The van der Waals surface area contributed by atoms with Gasteiger partial charge in [-0.2, -0.15) is 0 Å². The van der Waals surface area contributed by atoms with E-state index in [1.807, 2.05) is 30.3 Å². The second-order valence-corrected chi connectivity index (χ2v) is 8.05. The first kappa shape index (κ1) is 20.2. The van der Waals surface area contributed by atoms with Gasteiger partial charge in [-0.3, -0.25) is 9.69 Å². The zero-order chi connectivity index (χ0) is 20.2.